The molecule has 1 fully saturated rings. The molecule has 0 bridgehead atoms. The molecule has 0 spiro atoms. The molecule has 0 aliphatic carbocycles. The average Bonchev–Trinajstić information content (AvgIpc) is 2.63. The Balaban J connectivity index is 1.40. The van der Waals surface area contributed by atoms with Crippen LogP contribution in [0.2, 0.25) is 5.02 Å². The zero-order valence-corrected chi connectivity index (χ0v) is 14.7. The highest BCUT2D eigenvalue weighted by Crippen LogP contribution is 2.20. The maximum absolute atomic E-state index is 12.1. The maximum atomic E-state index is 12.1. The SMILES string of the molecule is O=C(CCN1CCN(c2ccc(O)cc2)CC1)Nc1ccc(Cl)cc1. The minimum absolute atomic E-state index is 0.0169. The smallest absolute Gasteiger partial charge is 0.225 e. The van der Waals surface area contributed by atoms with E-state index in [1.807, 2.05) is 12.1 Å². The number of hydrogen-bond donors (Lipinski definition) is 2. The molecule has 0 aromatic heterocycles. The molecular formula is C19H22ClN3O2. The van der Waals surface area contributed by atoms with Crippen LogP contribution in [-0.2, 0) is 4.79 Å². The van der Waals surface area contributed by atoms with E-state index in [9.17, 15) is 9.90 Å². The van der Waals surface area contributed by atoms with E-state index in [1.54, 1.807) is 36.4 Å². The lowest BCUT2D eigenvalue weighted by atomic mass is 10.2. The largest absolute Gasteiger partial charge is 0.508 e. The number of amides is 1. The summed E-state index contributed by atoms with van der Waals surface area (Å²) in [5.74, 6) is 0.303. The van der Waals surface area contributed by atoms with E-state index in [1.165, 1.54) is 0 Å². The number of hydrogen-bond acceptors (Lipinski definition) is 4. The van der Waals surface area contributed by atoms with Crippen molar-refractivity contribution in [1.82, 2.24) is 4.90 Å². The second-order valence-corrected chi connectivity index (χ2v) is 6.59. The molecular weight excluding hydrogens is 338 g/mol. The minimum atomic E-state index is 0.0169. The van der Waals surface area contributed by atoms with Gasteiger partial charge < -0.3 is 15.3 Å². The zero-order chi connectivity index (χ0) is 17.6. The highest BCUT2D eigenvalue weighted by Gasteiger charge is 2.17. The van der Waals surface area contributed by atoms with Gasteiger partial charge >= 0.3 is 0 Å². The molecule has 3 rings (SSSR count). The molecule has 2 aromatic rings. The minimum Gasteiger partial charge on any atom is -0.508 e. The summed E-state index contributed by atoms with van der Waals surface area (Å²) in [7, 11) is 0. The predicted molar refractivity (Wildman–Crippen MR) is 101 cm³/mol. The van der Waals surface area contributed by atoms with Crippen LogP contribution in [0.3, 0.4) is 0 Å². The third kappa shape index (κ3) is 5.11. The number of nitrogens with zero attached hydrogens (tertiary/aromatic N) is 2. The molecule has 0 radical (unpaired) electrons. The normalized spacial score (nSPS) is 15.2. The van der Waals surface area contributed by atoms with Crippen LogP contribution in [0.1, 0.15) is 6.42 Å². The standard InChI is InChI=1S/C19H22ClN3O2/c20-15-1-3-16(4-2-15)21-19(25)9-10-22-11-13-23(14-12-22)17-5-7-18(24)8-6-17/h1-8,24H,9-14H2,(H,21,25). The van der Waals surface area contributed by atoms with Crippen LogP contribution < -0.4 is 10.2 Å². The fraction of sp³-hybridized carbons (Fsp3) is 0.316. The van der Waals surface area contributed by atoms with Gasteiger partial charge in [-0.25, -0.2) is 0 Å². The van der Waals surface area contributed by atoms with Crippen molar-refractivity contribution in [3.8, 4) is 5.75 Å². The van der Waals surface area contributed by atoms with E-state index >= 15 is 0 Å². The molecule has 132 valence electrons. The van der Waals surface area contributed by atoms with Gasteiger partial charge in [0.05, 0.1) is 0 Å². The van der Waals surface area contributed by atoms with Gasteiger partial charge in [0.1, 0.15) is 5.75 Å². The Bertz CT molecular complexity index is 696. The molecule has 0 saturated carbocycles. The monoisotopic (exact) mass is 359 g/mol. The molecule has 1 amide bonds. The fourth-order valence-corrected chi connectivity index (χ4v) is 3.04. The van der Waals surface area contributed by atoms with Gasteiger partial charge in [-0.2, -0.15) is 0 Å². The van der Waals surface area contributed by atoms with Crippen molar-refractivity contribution < 1.29 is 9.90 Å². The summed E-state index contributed by atoms with van der Waals surface area (Å²) in [6, 6.07) is 14.4. The van der Waals surface area contributed by atoms with Crippen molar-refractivity contribution in [2.45, 2.75) is 6.42 Å². The molecule has 1 aliphatic heterocycles. The lowest BCUT2D eigenvalue weighted by Crippen LogP contribution is -2.47. The van der Waals surface area contributed by atoms with Crippen LogP contribution in [0.4, 0.5) is 11.4 Å². The van der Waals surface area contributed by atoms with Gasteiger partial charge in [0, 0.05) is 55.5 Å². The summed E-state index contributed by atoms with van der Waals surface area (Å²) in [6.07, 6.45) is 0.474. The number of phenols is 1. The van der Waals surface area contributed by atoms with Crippen LogP contribution in [0.25, 0.3) is 0 Å². The quantitative estimate of drug-likeness (QED) is 0.860. The molecule has 6 heteroatoms. The van der Waals surface area contributed by atoms with E-state index in [0.29, 0.717) is 11.4 Å². The summed E-state index contributed by atoms with van der Waals surface area (Å²) >= 11 is 5.84. The Morgan fingerprint density at radius 3 is 2.28 bits per heavy atom. The first-order valence-electron chi connectivity index (χ1n) is 8.42. The molecule has 1 aliphatic rings. The third-order valence-corrected chi connectivity index (χ3v) is 4.62. The Morgan fingerprint density at radius 1 is 1.00 bits per heavy atom. The van der Waals surface area contributed by atoms with Crippen LogP contribution in [0.5, 0.6) is 5.75 Å². The van der Waals surface area contributed by atoms with Gasteiger partial charge in [-0.1, -0.05) is 11.6 Å². The maximum Gasteiger partial charge on any atom is 0.225 e. The van der Waals surface area contributed by atoms with Crippen LogP contribution >= 0.6 is 11.6 Å². The molecule has 1 heterocycles. The number of piperazine rings is 1. The summed E-state index contributed by atoms with van der Waals surface area (Å²) in [4.78, 5) is 16.7. The molecule has 0 atom stereocenters. The first kappa shape index (κ1) is 17.6. The van der Waals surface area contributed by atoms with E-state index in [-0.39, 0.29) is 11.7 Å². The van der Waals surface area contributed by atoms with Crippen molar-refractivity contribution in [3.05, 3.63) is 53.6 Å². The number of rotatable bonds is 5. The molecule has 2 N–H and O–H groups in total. The van der Waals surface area contributed by atoms with Gasteiger partial charge in [0.25, 0.3) is 0 Å². The number of carbonyl (C=O) groups excluding carboxylic acids is 1. The molecule has 5 nitrogen and oxygen atoms in total. The van der Waals surface area contributed by atoms with Gasteiger partial charge in [0.2, 0.25) is 5.91 Å². The fourth-order valence-electron chi connectivity index (χ4n) is 2.91. The number of phenolic OH excluding ortho intramolecular Hbond substituents is 1. The van der Waals surface area contributed by atoms with Crippen LogP contribution in [0.15, 0.2) is 48.5 Å². The highest BCUT2D eigenvalue weighted by molar-refractivity contribution is 6.30. The summed E-state index contributed by atoms with van der Waals surface area (Å²) in [5, 5.41) is 12.9. The number of carbonyl (C=O) groups is 1. The Morgan fingerprint density at radius 2 is 1.64 bits per heavy atom. The summed E-state index contributed by atoms with van der Waals surface area (Å²) in [6.45, 7) is 4.44. The lowest BCUT2D eigenvalue weighted by molar-refractivity contribution is -0.116. The van der Waals surface area contributed by atoms with Crippen molar-refractivity contribution in [2.24, 2.45) is 0 Å². The number of anilines is 2. The number of benzene rings is 2. The van der Waals surface area contributed by atoms with E-state index < -0.39 is 0 Å². The molecule has 0 unspecified atom stereocenters. The van der Waals surface area contributed by atoms with Gasteiger partial charge in [-0.15, -0.1) is 0 Å². The van der Waals surface area contributed by atoms with Gasteiger partial charge in [-0.05, 0) is 48.5 Å². The van der Waals surface area contributed by atoms with Crippen LogP contribution in [0, 0.1) is 0 Å². The molecule has 2 aromatic carbocycles. The Kier molecular flexibility index (Phi) is 5.79. The summed E-state index contributed by atoms with van der Waals surface area (Å²) in [5.41, 5.74) is 1.89. The van der Waals surface area contributed by atoms with E-state index in [4.69, 9.17) is 11.6 Å². The molecule has 1 saturated heterocycles. The highest BCUT2D eigenvalue weighted by atomic mass is 35.5. The van der Waals surface area contributed by atoms with Crippen LogP contribution in [-0.4, -0.2) is 48.6 Å². The average molecular weight is 360 g/mol. The first-order chi connectivity index (χ1) is 12.1. The number of halogens is 1. The van der Waals surface area contributed by atoms with Crippen molar-refractivity contribution >= 4 is 28.9 Å². The lowest BCUT2D eigenvalue weighted by Gasteiger charge is -2.36. The van der Waals surface area contributed by atoms with E-state index in [2.05, 4.69) is 15.1 Å². The second kappa shape index (κ2) is 8.23. The van der Waals surface area contributed by atoms with Crippen molar-refractivity contribution in [2.75, 3.05) is 42.9 Å². The van der Waals surface area contributed by atoms with Crippen molar-refractivity contribution in [3.63, 3.8) is 0 Å². The second-order valence-electron chi connectivity index (χ2n) is 6.15. The Hall–Kier alpha value is -2.24. The number of aromatic hydroxyl groups is 1. The first-order valence-corrected chi connectivity index (χ1v) is 8.80. The predicted octanol–water partition coefficient (Wildman–Crippen LogP) is 3.20. The third-order valence-electron chi connectivity index (χ3n) is 4.37. The van der Waals surface area contributed by atoms with Gasteiger partial charge in [0.15, 0.2) is 0 Å². The van der Waals surface area contributed by atoms with Crippen molar-refractivity contribution in [1.29, 1.82) is 0 Å². The zero-order valence-electron chi connectivity index (χ0n) is 14.0. The van der Waals surface area contributed by atoms with E-state index in [0.717, 1.165) is 44.1 Å². The number of nitrogens with one attached hydrogen (secondary N) is 1. The Labute approximate surface area is 152 Å². The molecule has 25 heavy (non-hydrogen) atoms. The van der Waals surface area contributed by atoms with Gasteiger partial charge in [-0.3, -0.25) is 9.69 Å². The topological polar surface area (TPSA) is 55.8 Å². The summed E-state index contributed by atoms with van der Waals surface area (Å²) < 4.78 is 0.